The molecule has 0 heterocycles. The molecule has 190 valence electrons. The minimum Gasteiger partial charge on any atom is -0.457 e. The third-order valence-electron chi connectivity index (χ3n) is 5.05. The van der Waals surface area contributed by atoms with Gasteiger partial charge in [0.1, 0.15) is 6.10 Å². The lowest BCUT2D eigenvalue weighted by atomic mass is 10.1. The Bertz CT molecular complexity index is 518. The summed E-state index contributed by atoms with van der Waals surface area (Å²) in [7, 11) is -4.12. The number of rotatable bonds is 22. The van der Waals surface area contributed by atoms with E-state index in [1.54, 1.807) is 0 Å². The summed E-state index contributed by atoms with van der Waals surface area (Å²) >= 11 is 0. The molecule has 0 fully saturated rings. The Labute approximate surface area is 196 Å². The molecule has 32 heavy (non-hydrogen) atoms. The van der Waals surface area contributed by atoms with Gasteiger partial charge in [0.05, 0.1) is 19.3 Å². The molecule has 0 saturated carbocycles. The lowest BCUT2D eigenvalue weighted by Gasteiger charge is -2.19. The van der Waals surface area contributed by atoms with Crippen LogP contribution in [0.4, 0.5) is 4.20 Å². The first-order valence-electron chi connectivity index (χ1n) is 12.6. The number of hydrogen-bond acceptors (Lipinski definition) is 5. The summed E-state index contributed by atoms with van der Waals surface area (Å²) in [5.74, 6) is -0.353. The minimum absolute atomic E-state index is 0.0552. The topological polar surface area (TPSA) is 61.8 Å². The van der Waals surface area contributed by atoms with Gasteiger partial charge in [-0.2, -0.15) is 4.20 Å². The van der Waals surface area contributed by atoms with Crippen molar-refractivity contribution in [1.29, 1.82) is 0 Å². The molecule has 2 atom stereocenters. The van der Waals surface area contributed by atoms with Crippen molar-refractivity contribution in [2.24, 2.45) is 0 Å². The van der Waals surface area contributed by atoms with Gasteiger partial charge in [0.25, 0.3) is 0 Å². The highest BCUT2D eigenvalue weighted by atomic mass is 31.2. The molecule has 0 saturated heterocycles. The number of carbonyl (C=O) groups is 1. The van der Waals surface area contributed by atoms with Gasteiger partial charge in [-0.15, -0.1) is 0 Å². The van der Waals surface area contributed by atoms with E-state index in [9.17, 15) is 13.6 Å². The van der Waals surface area contributed by atoms with Gasteiger partial charge in [-0.05, 0) is 46.0 Å². The Morgan fingerprint density at radius 3 is 1.94 bits per heavy atom. The molecule has 0 aliphatic carbocycles. The Morgan fingerprint density at radius 1 is 0.875 bits per heavy atom. The Morgan fingerprint density at radius 2 is 1.41 bits per heavy atom. The summed E-state index contributed by atoms with van der Waals surface area (Å²) in [5, 5.41) is 0. The highest BCUT2D eigenvalue weighted by Crippen LogP contribution is 2.44. The molecular weight excluding hydrogens is 430 g/mol. The number of unbranched alkanes of at least 4 members (excludes halogenated alkanes) is 11. The molecule has 7 heteroatoms. The summed E-state index contributed by atoms with van der Waals surface area (Å²) < 4.78 is 39.7. The molecule has 0 aliphatic rings. The predicted octanol–water partition coefficient (Wildman–Crippen LogP) is 8.17. The number of ether oxygens (including phenoxy) is 2. The van der Waals surface area contributed by atoms with Crippen LogP contribution in [0.3, 0.4) is 0 Å². The van der Waals surface area contributed by atoms with Crippen molar-refractivity contribution in [1.82, 2.24) is 0 Å². The highest BCUT2D eigenvalue weighted by molar-refractivity contribution is 7.52. The number of hydrogen-bond donors (Lipinski definition) is 0. The Balaban J connectivity index is 3.74. The molecule has 0 bridgehead atoms. The Kier molecular flexibility index (Phi) is 20.4. The zero-order valence-corrected chi connectivity index (χ0v) is 21.9. The van der Waals surface area contributed by atoms with E-state index in [2.05, 4.69) is 23.6 Å². The molecule has 0 amide bonds. The molecule has 0 aromatic rings. The summed E-state index contributed by atoms with van der Waals surface area (Å²) in [6, 6.07) is 0. The predicted molar refractivity (Wildman–Crippen MR) is 131 cm³/mol. The summed E-state index contributed by atoms with van der Waals surface area (Å²) in [6.45, 7) is 6.67. The number of allylic oxidation sites excluding steroid dienone is 2. The van der Waals surface area contributed by atoms with E-state index < -0.39 is 13.8 Å². The molecule has 0 aromatic carbocycles. The second kappa shape index (κ2) is 20.9. The van der Waals surface area contributed by atoms with Crippen molar-refractivity contribution < 1.29 is 27.6 Å². The van der Waals surface area contributed by atoms with E-state index in [4.69, 9.17) is 9.47 Å². The van der Waals surface area contributed by atoms with Crippen molar-refractivity contribution in [3.63, 3.8) is 0 Å². The van der Waals surface area contributed by atoms with Crippen LogP contribution in [0.15, 0.2) is 12.2 Å². The number of halogens is 1. The van der Waals surface area contributed by atoms with Gasteiger partial charge in [-0.1, -0.05) is 70.4 Å². The van der Waals surface area contributed by atoms with Gasteiger partial charge in [-0.25, -0.2) is 0 Å². The van der Waals surface area contributed by atoms with Gasteiger partial charge < -0.3 is 14.0 Å². The fourth-order valence-electron chi connectivity index (χ4n) is 3.22. The van der Waals surface area contributed by atoms with E-state index in [-0.39, 0.29) is 25.3 Å². The van der Waals surface area contributed by atoms with Crippen LogP contribution in [0, 0.1) is 0 Å². The lowest BCUT2D eigenvalue weighted by molar-refractivity contribution is -0.155. The molecule has 0 radical (unpaired) electrons. The SMILES string of the molecule is CCCCCCCC/C=C\CCCCCCCC(=O)O[C@@H](COC(C)C)CO[P@](C)(=O)F. The quantitative estimate of drug-likeness (QED) is 0.0679. The van der Waals surface area contributed by atoms with Crippen LogP contribution >= 0.6 is 7.68 Å². The fourth-order valence-corrected chi connectivity index (χ4v) is 3.65. The standard InChI is InChI=1S/C25H48FO5P/c1-5-6-7-8-9-10-11-12-13-14-15-16-17-18-19-20-25(27)31-24(21-29-23(2)3)22-30-32(4,26)28/h12-13,23-24H,5-11,14-22H2,1-4H3/b13-12-/t24-,32-/m0/s1. The maximum atomic E-state index is 13.1. The van der Waals surface area contributed by atoms with Crippen molar-refractivity contribution in [3.05, 3.63) is 12.2 Å². The average Bonchev–Trinajstić information content (AvgIpc) is 2.72. The number of carbonyl (C=O) groups excluding carboxylic acids is 1. The van der Waals surface area contributed by atoms with E-state index in [0.29, 0.717) is 6.42 Å². The maximum Gasteiger partial charge on any atom is 0.364 e. The fraction of sp³-hybridized carbons (Fsp3) is 0.880. The Hall–Kier alpha value is -0.710. The number of esters is 1. The van der Waals surface area contributed by atoms with Crippen LogP contribution in [-0.2, 0) is 23.4 Å². The van der Waals surface area contributed by atoms with Gasteiger partial charge in [0.15, 0.2) is 0 Å². The van der Waals surface area contributed by atoms with Gasteiger partial charge in [0.2, 0.25) is 0 Å². The third-order valence-corrected chi connectivity index (χ3v) is 5.66. The molecule has 0 spiro atoms. The first-order valence-corrected chi connectivity index (χ1v) is 14.6. The van der Waals surface area contributed by atoms with E-state index in [1.807, 2.05) is 13.8 Å². The van der Waals surface area contributed by atoms with Crippen LogP contribution in [0.5, 0.6) is 0 Å². The largest absolute Gasteiger partial charge is 0.457 e. The van der Waals surface area contributed by atoms with E-state index in [1.165, 1.54) is 51.4 Å². The van der Waals surface area contributed by atoms with Gasteiger partial charge in [0, 0.05) is 13.1 Å². The second-order valence-corrected chi connectivity index (χ2v) is 10.6. The van der Waals surface area contributed by atoms with E-state index >= 15 is 0 Å². The highest BCUT2D eigenvalue weighted by Gasteiger charge is 2.21. The molecular formula is C25H48FO5P. The summed E-state index contributed by atoms with van der Waals surface area (Å²) in [5.41, 5.74) is 0. The van der Waals surface area contributed by atoms with E-state index in [0.717, 1.165) is 38.8 Å². The molecule has 5 nitrogen and oxygen atoms in total. The first-order chi connectivity index (χ1) is 15.2. The molecule has 0 rings (SSSR count). The van der Waals surface area contributed by atoms with Gasteiger partial charge >= 0.3 is 13.6 Å². The van der Waals surface area contributed by atoms with Crippen molar-refractivity contribution in [2.45, 2.75) is 123 Å². The maximum absolute atomic E-state index is 13.1. The van der Waals surface area contributed by atoms with Crippen molar-refractivity contribution >= 4 is 13.6 Å². The van der Waals surface area contributed by atoms with Crippen LogP contribution in [0.1, 0.15) is 111 Å². The first kappa shape index (κ1) is 31.3. The van der Waals surface area contributed by atoms with Crippen LogP contribution in [0.25, 0.3) is 0 Å². The molecule has 0 N–H and O–H groups in total. The monoisotopic (exact) mass is 478 g/mol. The molecule has 0 aromatic heterocycles. The smallest absolute Gasteiger partial charge is 0.364 e. The summed E-state index contributed by atoms with van der Waals surface area (Å²) in [4.78, 5) is 12.1. The summed E-state index contributed by atoms with van der Waals surface area (Å²) in [6.07, 6.45) is 19.7. The third kappa shape index (κ3) is 23.9. The van der Waals surface area contributed by atoms with Crippen LogP contribution in [0.2, 0.25) is 0 Å². The normalized spacial score (nSPS) is 14.7. The van der Waals surface area contributed by atoms with Gasteiger partial charge in [-0.3, -0.25) is 9.36 Å². The van der Waals surface area contributed by atoms with Crippen molar-refractivity contribution in [2.75, 3.05) is 19.9 Å². The van der Waals surface area contributed by atoms with Crippen molar-refractivity contribution in [3.8, 4) is 0 Å². The minimum atomic E-state index is -4.12. The zero-order chi connectivity index (χ0) is 24.1. The second-order valence-electron chi connectivity index (χ2n) is 8.87. The molecule has 0 aliphatic heterocycles. The lowest BCUT2D eigenvalue weighted by Crippen LogP contribution is -2.29. The van der Waals surface area contributed by atoms with Crippen LogP contribution in [-0.4, -0.2) is 38.1 Å². The average molecular weight is 479 g/mol. The van der Waals surface area contributed by atoms with Crippen LogP contribution < -0.4 is 0 Å². The zero-order valence-electron chi connectivity index (χ0n) is 21.0. The molecule has 0 unspecified atom stereocenters.